The molecule has 0 spiro atoms. The lowest BCUT2D eigenvalue weighted by Crippen LogP contribution is -2.58. The highest BCUT2D eigenvalue weighted by molar-refractivity contribution is 4.99. The molecule has 2 fully saturated rings. The lowest BCUT2D eigenvalue weighted by molar-refractivity contribution is -0.127. The van der Waals surface area contributed by atoms with E-state index in [0.29, 0.717) is 19.5 Å². The van der Waals surface area contributed by atoms with E-state index in [-0.39, 0.29) is 6.04 Å². The first kappa shape index (κ1) is 9.36. The molecule has 0 amide bonds. The van der Waals surface area contributed by atoms with Gasteiger partial charge in [-0.25, -0.2) is 0 Å². The number of aliphatic hydroxyl groups is 4. The van der Waals surface area contributed by atoms with Gasteiger partial charge < -0.3 is 20.4 Å². The number of aliphatic hydroxyl groups excluding tert-OH is 4. The molecular formula is C8H15NO4. The van der Waals surface area contributed by atoms with Gasteiger partial charge in [0, 0.05) is 19.1 Å². The predicted octanol–water partition coefficient (Wildman–Crippen LogP) is -2.48. The van der Waals surface area contributed by atoms with Crippen molar-refractivity contribution in [3.63, 3.8) is 0 Å². The topological polar surface area (TPSA) is 84.2 Å². The highest BCUT2D eigenvalue weighted by atomic mass is 16.4. The monoisotopic (exact) mass is 189 g/mol. The molecule has 0 saturated carbocycles. The molecule has 2 saturated heterocycles. The summed E-state index contributed by atoms with van der Waals surface area (Å²) >= 11 is 0. The van der Waals surface area contributed by atoms with E-state index in [4.69, 9.17) is 0 Å². The van der Waals surface area contributed by atoms with Crippen molar-refractivity contribution in [3.05, 3.63) is 0 Å². The summed E-state index contributed by atoms with van der Waals surface area (Å²) in [7, 11) is 0. The second kappa shape index (κ2) is 3.18. The normalized spacial score (nSPS) is 52.2. The number of hydrogen-bond donors (Lipinski definition) is 4. The molecule has 2 heterocycles. The Morgan fingerprint density at radius 2 is 1.62 bits per heavy atom. The molecule has 2 rings (SSSR count). The maximum Gasteiger partial charge on any atom is 0.108 e. The Balaban J connectivity index is 2.11. The Morgan fingerprint density at radius 3 is 2.31 bits per heavy atom. The highest BCUT2D eigenvalue weighted by Crippen LogP contribution is 2.27. The fraction of sp³-hybridized carbons (Fsp3) is 1.00. The highest BCUT2D eigenvalue weighted by Gasteiger charge is 2.45. The largest absolute Gasteiger partial charge is 0.392 e. The number of nitrogens with zero attached hydrogens (tertiary/aromatic N) is 1. The molecule has 5 heteroatoms. The summed E-state index contributed by atoms with van der Waals surface area (Å²) in [6.45, 7) is 0.811. The van der Waals surface area contributed by atoms with Crippen LogP contribution >= 0.6 is 0 Å². The lowest BCUT2D eigenvalue weighted by Gasteiger charge is -2.39. The predicted molar refractivity (Wildman–Crippen MR) is 44.0 cm³/mol. The molecule has 0 aromatic rings. The van der Waals surface area contributed by atoms with Crippen molar-refractivity contribution >= 4 is 0 Å². The second-order valence-corrected chi connectivity index (χ2v) is 3.96. The first-order chi connectivity index (χ1) is 6.09. The summed E-state index contributed by atoms with van der Waals surface area (Å²) in [5, 5.41) is 37.6. The molecule has 2 aliphatic heterocycles. The van der Waals surface area contributed by atoms with Crippen LogP contribution in [0.3, 0.4) is 0 Å². The summed E-state index contributed by atoms with van der Waals surface area (Å²) in [6, 6.07) is -0.201. The van der Waals surface area contributed by atoms with Crippen LogP contribution in [-0.2, 0) is 0 Å². The quantitative estimate of drug-likeness (QED) is 0.339. The van der Waals surface area contributed by atoms with E-state index < -0.39 is 24.4 Å². The molecule has 4 N–H and O–H groups in total. The Labute approximate surface area is 76.2 Å². The molecule has 76 valence electrons. The van der Waals surface area contributed by atoms with Gasteiger partial charge in [0.15, 0.2) is 0 Å². The first-order valence-corrected chi connectivity index (χ1v) is 4.56. The lowest BCUT2D eigenvalue weighted by atomic mass is 9.94. The van der Waals surface area contributed by atoms with Crippen LogP contribution in [0.5, 0.6) is 0 Å². The molecule has 0 aliphatic carbocycles. The van der Waals surface area contributed by atoms with Crippen LogP contribution in [-0.4, -0.2) is 68.9 Å². The molecule has 1 unspecified atom stereocenters. The van der Waals surface area contributed by atoms with Gasteiger partial charge in [0.2, 0.25) is 0 Å². The van der Waals surface area contributed by atoms with Crippen molar-refractivity contribution in [3.8, 4) is 0 Å². The van der Waals surface area contributed by atoms with Crippen LogP contribution in [0.2, 0.25) is 0 Å². The third-order valence-electron chi connectivity index (χ3n) is 2.99. The number of rotatable bonds is 0. The molecule has 2 aliphatic rings. The molecule has 13 heavy (non-hydrogen) atoms. The Bertz CT molecular complexity index is 199. The smallest absolute Gasteiger partial charge is 0.108 e. The van der Waals surface area contributed by atoms with Gasteiger partial charge in [0.05, 0.1) is 18.3 Å². The minimum absolute atomic E-state index is 0.201. The van der Waals surface area contributed by atoms with Crippen LogP contribution in [0.1, 0.15) is 6.42 Å². The van der Waals surface area contributed by atoms with Crippen molar-refractivity contribution in [1.82, 2.24) is 4.90 Å². The number of hydrogen-bond acceptors (Lipinski definition) is 5. The molecular weight excluding hydrogens is 174 g/mol. The van der Waals surface area contributed by atoms with E-state index in [1.54, 1.807) is 0 Å². The number of piperidine rings is 1. The van der Waals surface area contributed by atoms with Gasteiger partial charge in [0.1, 0.15) is 6.10 Å². The zero-order chi connectivity index (χ0) is 9.59. The van der Waals surface area contributed by atoms with Crippen molar-refractivity contribution in [2.45, 2.75) is 36.9 Å². The van der Waals surface area contributed by atoms with Crippen LogP contribution in [0.4, 0.5) is 0 Å². The fourth-order valence-electron chi connectivity index (χ4n) is 2.28. The van der Waals surface area contributed by atoms with E-state index in [0.717, 1.165) is 0 Å². The van der Waals surface area contributed by atoms with E-state index in [1.165, 1.54) is 0 Å². The summed E-state index contributed by atoms with van der Waals surface area (Å²) in [4.78, 5) is 1.83. The summed E-state index contributed by atoms with van der Waals surface area (Å²) in [6.07, 6.45) is -2.90. The minimum Gasteiger partial charge on any atom is -0.392 e. The number of fused-ring (bicyclic) bond motifs is 1. The van der Waals surface area contributed by atoms with Crippen molar-refractivity contribution < 1.29 is 20.4 Å². The molecule has 5 atom stereocenters. The third-order valence-corrected chi connectivity index (χ3v) is 2.99. The van der Waals surface area contributed by atoms with Gasteiger partial charge in [-0.05, 0) is 6.42 Å². The van der Waals surface area contributed by atoms with Crippen molar-refractivity contribution in [2.24, 2.45) is 0 Å². The average Bonchev–Trinajstić information content (AvgIpc) is 2.42. The van der Waals surface area contributed by atoms with Gasteiger partial charge in [-0.2, -0.15) is 0 Å². The van der Waals surface area contributed by atoms with E-state index in [9.17, 15) is 20.4 Å². The SMILES string of the molecule is OC1C[C@@H]2[C@@H](O)[C@H](O)[C@@H](O)CN2C1. The average molecular weight is 189 g/mol. The molecule has 0 radical (unpaired) electrons. The summed E-state index contributed by atoms with van der Waals surface area (Å²) < 4.78 is 0. The Morgan fingerprint density at radius 1 is 0.923 bits per heavy atom. The van der Waals surface area contributed by atoms with Gasteiger partial charge in [0.25, 0.3) is 0 Å². The maximum absolute atomic E-state index is 9.57. The van der Waals surface area contributed by atoms with Gasteiger partial charge >= 0.3 is 0 Å². The van der Waals surface area contributed by atoms with Gasteiger partial charge in [-0.1, -0.05) is 0 Å². The Hall–Kier alpha value is -0.200. The van der Waals surface area contributed by atoms with E-state index in [1.807, 2.05) is 4.90 Å². The van der Waals surface area contributed by atoms with Crippen LogP contribution in [0, 0.1) is 0 Å². The fourth-order valence-corrected chi connectivity index (χ4v) is 2.28. The summed E-state index contributed by atoms with van der Waals surface area (Å²) in [5.74, 6) is 0. The second-order valence-electron chi connectivity index (χ2n) is 3.96. The van der Waals surface area contributed by atoms with E-state index in [2.05, 4.69) is 0 Å². The van der Waals surface area contributed by atoms with Crippen LogP contribution in [0.15, 0.2) is 0 Å². The third kappa shape index (κ3) is 1.47. The van der Waals surface area contributed by atoms with Crippen molar-refractivity contribution in [2.75, 3.05) is 13.1 Å². The first-order valence-electron chi connectivity index (χ1n) is 4.56. The van der Waals surface area contributed by atoms with Crippen molar-refractivity contribution in [1.29, 1.82) is 0 Å². The summed E-state index contributed by atoms with van der Waals surface area (Å²) in [5.41, 5.74) is 0. The minimum atomic E-state index is -1.08. The van der Waals surface area contributed by atoms with Gasteiger partial charge in [-0.3, -0.25) is 4.90 Å². The molecule has 5 nitrogen and oxygen atoms in total. The molecule has 0 aromatic heterocycles. The molecule has 0 aromatic carbocycles. The van der Waals surface area contributed by atoms with E-state index >= 15 is 0 Å². The standard InChI is InChI=1S/C8H15NO4/c10-4-1-5-7(12)8(13)6(11)3-9(5)2-4/h4-8,10-13H,1-3H2/t4?,5-,6+,7-,8-/m1/s1. The zero-order valence-electron chi connectivity index (χ0n) is 7.24. The maximum atomic E-state index is 9.57. The molecule has 0 bridgehead atoms. The Kier molecular flexibility index (Phi) is 2.29. The zero-order valence-corrected chi connectivity index (χ0v) is 7.24. The van der Waals surface area contributed by atoms with Crippen LogP contribution < -0.4 is 0 Å². The van der Waals surface area contributed by atoms with Crippen LogP contribution in [0.25, 0.3) is 0 Å². The van der Waals surface area contributed by atoms with Gasteiger partial charge in [-0.15, -0.1) is 0 Å².